The van der Waals surface area contributed by atoms with E-state index in [0.29, 0.717) is 74.8 Å². The molecular formula is C27H38N8O6. The molecule has 0 unspecified atom stereocenters. The van der Waals surface area contributed by atoms with Crippen LogP contribution in [0.1, 0.15) is 15.9 Å². The zero-order chi connectivity index (χ0) is 29.3. The lowest BCUT2D eigenvalue weighted by Gasteiger charge is -2.14. The van der Waals surface area contributed by atoms with Gasteiger partial charge >= 0.3 is 0 Å². The molecule has 0 saturated carbocycles. The molecule has 0 fully saturated rings. The molecule has 1 amide bonds. The van der Waals surface area contributed by atoms with Gasteiger partial charge in [0.1, 0.15) is 0 Å². The fraction of sp³-hybridized carbons (Fsp3) is 0.407. The molecule has 0 aliphatic rings. The number of hydrogen-bond donors (Lipinski definition) is 6. The molecule has 222 valence electrons. The predicted molar refractivity (Wildman–Crippen MR) is 155 cm³/mol. The van der Waals surface area contributed by atoms with Gasteiger partial charge in [0.25, 0.3) is 5.91 Å². The van der Waals surface area contributed by atoms with Crippen molar-refractivity contribution in [1.29, 1.82) is 0 Å². The Balaban J connectivity index is 1.59. The zero-order valence-corrected chi connectivity index (χ0v) is 23.3. The van der Waals surface area contributed by atoms with E-state index in [2.05, 4.69) is 36.2 Å². The van der Waals surface area contributed by atoms with Crippen molar-refractivity contribution < 1.29 is 28.8 Å². The Hall–Kier alpha value is -4.24. The third kappa shape index (κ3) is 10.3. The molecule has 0 aliphatic heterocycles. The summed E-state index contributed by atoms with van der Waals surface area (Å²) in [5.41, 5.74) is 7.37. The first kappa shape index (κ1) is 31.3. The maximum absolute atomic E-state index is 12.4. The number of benzene rings is 2. The first-order valence-electron chi connectivity index (χ1n) is 13.1. The third-order valence-corrected chi connectivity index (χ3v) is 5.52. The van der Waals surface area contributed by atoms with Crippen LogP contribution in [0.2, 0.25) is 0 Å². The van der Waals surface area contributed by atoms with Gasteiger partial charge in [0.2, 0.25) is 17.8 Å². The van der Waals surface area contributed by atoms with Crippen LogP contribution in [0.3, 0.4) is 0 Å². The highest BCUT2D eigenvalue weighted by Crippen LogP contribution is 2.31. The van der Waals surface area contributed by atoms with Gasteiger partial charge in [-0.15, -0.1) is 0 Å². The Labute approximate surface area is 239 Å². The molecule has 14 heteroatoms. The lowest BCUT2D eigenvalue weighted by Crippen LogP contribution is -2.27. The van der Waals surface area contributed by atoms with E-state index in [1.165, 1.54) is 0 Å². The molecule has 0 radical (unpaired) electrons. The van der Waals surface area contributed by atoms with E-state index in [9.17, 15) is 9.90 Å². The van der Waals surface area contributed by atoms with E-state index in [1.54, 1.807) is 38.5 Å². The van der Waals surface area contributed by atoms with Crippen LogP contribution in [0.25, 0.3) is 0 Å². The minimum absolute atomic E-state index is 0.0862. The van der Waals surface area contributed by atoms with Gasteiger partial charge in [0.15, 0.2) is 11.5 Å². The maximum Gasteiger partial charge on any atom is 0.251 e. The number of carbonyl (C=O) groups excluding carboxylic acids is 1. The second-order valence-corrected chi connectivity index (χ2v) is 8.43. The van der Waals surface area contributed by atoms with Crippen molar-refractivity contribution in [2.24, 2.45) is 5.73 Å². The van der Waals surface area contributed by atoms with Crippen molar-refractivity contribution in [2.45, 2.75) is 6.54 Å². The number of carbonyl (C=O) groups is 1. The van der Waals surface area contributed by atoms with E-state index in [-0.39, 0.29) is 31.0 Å². The Morgan fingerprint density at radius 3 is 2.24 bits per heavy atom. The zero-order valence-electron chi connectivity index (χ0n) is 23.3. The summed E-state index contributed by atoms with van der Waals surface area (Å²) in [6, 6.07) is 12.5. The van der Waals surface area contributed by atoms with Crippen LogP contribution < -0.4 is 36.5 Å². The number of nitrogens with two attached hydrogens (primary N) is 1. The fourth-order valence-corrected chi connectivity index (χ4v) is 3.60. The van der Waals surface area contributed by atoms with Gasteiger partial charge < -0.3 is 51.1 Å². The molecule has 1 aromatic heterocycles. The van der Waals surface area contributed by atoms with Crippen molar-refractivity contribution in [2.75, 3.05) is 82.8 Å². The number of aliphatic hydroxyl groups excluding tert-OH is 1. The van der Waals surface area contributed by atoms with E-state index >= 15 is 0 Å². The van der Waals surface area contributed by atoms with Gasteiger partial charge in [0.05, 0.1) is 47.3 Å². The average molecular weight is 571 g/mol. The molecule has 0 bridgehead atoms. The number of nitrogens with one attached hydrogen (secondary N) is 4. The number of methoxy groups -OCH3 is 2. The van der Waals surface area contributed by atoms with E-state index in [1.807, 2.05) is 18.2 Å². The SMILES string of the molecule is COc1cccc(CNc2nc(NCCO)nc(Nc3ccc(C(=O)NCCOCCOCCN)cc3)n2)c1OC. The van der Waals surface area contributed by atoms with Crippen molar-refractivity contribution in [3.8, 4) is 11.5 Å². The number of rotatable bonds is 19. The van der Waals surface area contributed by atoms with E-state index in [4.69, 9.17) is 24.7 Å². The van der Waals surface area contributed by atoms with Crippen LogP contribution in [-0.2, 0) is 16.0 Å². The molecule has 0 atom stereocenters. The lowest BCUT2D eigenvalue weighted by atomic mass is 10.2. The van der Waals surface area contributed by atoms with Gasteiger partial charge in [-0.2, -0.15) is 15.0 Å². The van der Waals surface area contributed by atoms with Crippen LogP contribution in [0.15, 0.2) is 42.5 Å². The largest absolute Gasteiger partial charge is 0.493 e. The molecule has 0 aliphatic carbocycles. The van der Waals surface area contributed by atoms with Crippen LogP contribution in [-0.4, -0.2) is 92.9 Å². The molecule has 0 saturated heterocycles. The second kappa shape index (κ2) is 17.5. The summed E-state index contributed by atoms with van der Waals surface area (Å²) in [5, 5.41) is 21.3. The normalized spacial score (nSPS) is 10.6. The summed E-state index contributed by atoms with van der Waals surface area (Å²) >= 11 is 0. The first-order chi connectivity index (χ1) is 20.1. The Morgan fingerprint density at radius 1 is 0.854 bits per heavy atom. The van der Waals surface area contributed by atoms with E-state index in [0.717, 1.165) is 5.56 Å². The minimum Gasteiger partial charge on any atom is -0.493 e. The van der Waals surface area contributed by atoms with Gasteiger partial charge in [-0.1, -0.05) is 12.1 Å². The molecule has 1 heterocycles. The molecule has 2 aromatic carbocycles. The standard InChI is InChI=1S/C27H38N8O6/c1-38-22-5-3-4-20(23(22)39-2)18-31-26-33-25(30-11-13-36)34-27(35-26)32-21-8-6-19(7-9-21)24(37)29-12-15-41-17-16-40-14-10-28/h3-9,36H,10-18,28H2,1-2H3,(H,29,37)(H3,30,31,32,33,34,35). The first-order valence-corrected chi connectivity index (χ1v) is 13.1. The van der Waals surface area contributed by atoms with Crippen molar-refractivity contribution >= 4 is 29.4 Å². The summed E-state index contributed by atoms with van der Waals surface area (Å²) in [6.07, 6.45) is 0. The number of anilines is 4. The number of nitrogens with zero attached hydrogens (tertiary/aromatic N) is 3. The van der Waals surface area contributed by atoms with Gasteiger partial charge in [-0.3, -0.25) is 4.79 Å². The number of para-hydroxylation sites is 1. The number of aromatic nitrogens is 3. The van der Waals surface area contributed by atoms with Crippen LogP contribution in [0.5, 0.6) is 11.5 Å². The Kier molecular flexibility index (Phi) is 13.3. The monoisotopic (exact) mass is 570 g/mol. The summed E-state index contributed by atoms with van der Waals surface area (Å²) < 4.78 is 21.5. The highest BCUT2D eigenvalue weighted by Gasteiger charge is 2.12. The van der Waals surface area contributed by atoms with Gasteiger partial charge in [0, 0.05) is 43.0 Å². The maximum atomic E-state index is 12.4. The van der Waals surface area contributed by atoms with Gasteiger partial charge in [-0.25, -0.2) is 0 Å². The number of amides is 1. The van der Waals surface area contributed by atoms with Crippen LogP contribution in [0, 0.1) is 0 Å². The third-order valence-electron chi connectivity index (χ3n) is 5.52. The molecular weight excluding hydrogens is 532 g/mol. The minimum atomic E-state index is -0.213. The fourth-order valence-electron chi connectivity index (χ4n) is 3.60. The smallest absolute Gasteiger partial charge is 0.251 e. The molecule has 14 nitrogen and oxygen atoms in total. The average Bonchev–Trinajstić information content (AvgIpc) is 3.00. The van der Waals surface area contributed by atoms with Crippen molar-refractivity contribution in [3.05, 3.63) is 53.6 Å². The molecule has 0 spiro atoms. The van der Waals surface area contributed by atoms with Crippen LogP contribution in [0.4, 0.5) is 23.5 Å². The van der Waals surface area contributed by atoms with E-state index < -0.39 is 0 Å². The van der Waals surface area contributed by atoms with Crippen LogP contribution >= 0.6 is 0 Å². The summed E-state index contributed by atoms with van der Waals surface area (Å²) in [5.74, 6) is 1.86. The van der Waals surface area contributed by atoms with Gasteiger partial charge in [-0.05, 0) is 30.3 Å². The van der Waals surface area contributed by atoms with Crippen molar-refractivity contribution in [1.82, 2.24) is 20.3 Å². The summed E-state index contributed by atoms with van der Waals surface area (Å²) in [7, 11) is 3.16. The second-order valence-electron chi connectivity index (χ2n) is 8.43. The highest BCUT2D eigenvalue weighted by molar-refractivity contribution is 5.94. The molecule has 3 aromatic rings. The topological polar surface area (TPSA) is 187 Å². The Bertz CT molecular complexity index is 1210. The lowest BCUT2D eigenvalue weighted by molar-refractivity contribution is 0.0511. The number of ether oxygens (including phenoxy) is 4. The number of hydrogen-bond acceptors (Lipinski definition) is 13. The Morgan fingerprint density at radius 2 is 1.56 bits per heavy atom. The summed E-state index contributed by atoms with van der Waals surface area (Å²) in [6.45, 7) is 3.18. The molecule has 41 heavy (non-hydrogen) atoms. The molecule has 3 rings (SSSR count). The van der Waals surface area contributed by atoms with Crippen molar-refractivity contribution in [3.63, 3.8) is 0 Å². The number of aliphatic hydroxyl groups is 1. The molecule has 7 N–H and O–H groups in total. The quantitative estimate of drug-likeness (QED) is 0.114. The highest BCUT2D eigenvalue weighted by atomic mass is 16.5. The summed E-state index contributed by atoms with van der Waals surface area (Å²) in [4.78, 5) is 25.7. The predicted octanol–water partition coefficient (Wildman–Crippen LogP) is 1.37.